The predicted molar refractivity (Wildman–Crippen MR) is 112 cm³/mol. The number of halogens is 2. The van der Waals surface area contributed by atoms with Gasteiger partial charge in [0, 0.05) is 22.3 Å². The topological polar surface area (TPSA) is 60.3 Å². The molecule has 5 nitrogen and oxygen atoms in total. The van der Waals surface area contributed by atoms with Crippen molar-refractivity contribution >= 4 is 34.8 Å². The van der Waals surface area contributed by atoms with Crippen molar-refractivity contribution in [1.29, 1.82) is 0 Å². The first-order chi connectivity index (χ1) is 13.4. The van der Waals surface area contributed by atoms with Crippen LogP contribution in [0, 0.1) is 6.92 Å². The number of amides is 1. The van der Waals surface area contributed by atoms with E-state index < -0.39 is 0 Å². The Labute approximate surface area is 172 Å². The second kappa shape index (κ2) is 8.95. The number of anilines is 1. The van der Waals surface area contributed by atoms with E-state index in [0.29, 0.717) is 28.0 Å². The second-order valence-corrected chi connectivity index (χ2v) is 7.07. The van der Waals surface area contributed by atoms with Crippen LogP contribution in [0.4, 0.5) is 5.69 Å². The number of hydrogen-bond acceptors (Lipinski definition) is 3. The Balaban J connectivity index is 1.66. The molecular formula is C21H18Cl2N2O3. The van der Waals surface area contributed by atoms with Gasteiger partial charge in [-0.05, 0) is 48.4 Å². The Kier molecular flexibility index (Phi) is 6.39. The molecule has 0 spiro atoms. The fraction of sp³-hybridized carbons (Fsp3) is 0.143. The van der Waals surface area contributed by atoms with Gasteiger partial charge in [-0.3, -0.25) is 9.59 Å². The van der Waals surface area contributed by atoms with Crippen LogP contribution in [-0.4, -0.2) is 17.1 Å². The maximum atomic E-state index is 12.2. The van der Waals surface area contributed by atoms with Gasteiger partial charge in [0.05, 0.1) is 12.2 Å². The summed E-state index contributed by atoms with van der Waals surface area (Å²) in [6.07, 6.45) is 1.58. The molecule has 0 aliphatic carbocycles. The van der Waals surface area contributed by atoms with Gasteiger partial charge >= 0.3 is 0 Å². The highest BCUT2D eigenvalue weighted by Gasteiger charge is 2.08. The normalized spacial score (nSPS) is 10.5. The van der Waals surface area contributed by atoms with Crippen LogP contribution in [0.25, 0.3) is 0 Å². The highest BCUT2D eigenvalue weighted by atomic mass is 35.5. The highest BCUT2D eigenvalue weighted by Crippen LogP contribution is 2.21. The molecule has 0 unspecified atom stereocenters. The third-order valence-electron chi connectivity index (χ3n) is 4.06. The Morgan fingerprint density at radius 3 is 2.64 bits per heavy atom. The minimum atomic E-state index is -0.336. The minimum Gasteiger partial charge on any atom is -0.483 e. The van der Waals surface area contributed by atoms with E-state index in [9.17, 15) is 9.59 Å². The van der Waals surface area contributed by atoms with E-state index in [1.165, 1.54) is 10.6 Å². The van der Waals surface area contributed by atoms with Crippen LogP contribution in [0.3, 0.4) is 0 Å². The molecule has 28 heavy (non-hydrogen) atoms. The molecule has 0 fully saturated rings. The molecule has 2 aromatic carbocycles. The average Bonchev–Trinajstić information content (AvgIpc) is 2.65. The fourth-order valence-electron chi connectivity index (χ4n) is 2.65. The zero-order valence-electron chi connectivity index (χ0n) is 15.1. The van der Waals surface area contributed by atoms with Crippen molar-refractivity contribution in [2.24, 2.45) is 0 Å². The first-order valence-corrected chi connectivity index (χ1v) is 9.30. The van der Waals surface area contributed by atoms with Gasteiger partial charge in [-0.15, -0.1) is 0 Å². The molecule has 1 N–H and O–H groups in total. The van der Waals surface area contributed by atoms with Crippen molar-refractivity contribution in [1.82, 2.24) is 4.57 Å². The van der Waals surface area contributed by atoms with Crippen LogP contribution >= 0.6 is 23.2 Å². The molecule has 7 heteroatoms. The molecule has 1 heterocycles. The van der Waals surface area contributed by atoms with E-state index in [0.717, 1.165) is 11.1 Å². The summed E-state index contributed by atoms with van der Waals surface area (Å²) in [4.78, 5) is 24.3. The first-order valence-electron chi connectivity index (χ1n) is 8.55. The third kappa shape index (κ3) is 5.15. The van der Waals surface area contributed by atoms with Gasteiger partial charge in [0.15, 0.2) is 6.61 Å². The molecule has 0 saturated heterocycles. The zero-order chi connectivity index (χ0) is 20.1. The van der Waals surface area contributed by atoms with E-state index >= 15 is 0 Å². The zero-order valence-corrected chi connectivity index (χ0v) is 16.6. The number of aryl methyl sites for hydroxylation is 1. The Morgan fingerprint density at radius 1 is 1.11 bits per heavy atom. The Bertz CT molecular complexity index is 1060. The number of benzene rings is 2. The summed E-state index contributed by atoms with van der Waals surface area (Å²) < 4.78 is 7.02. The monoisotopic (exact) mass is 416 g/mol. The Morgan fingerprint density at radius 2 is 1.89 bits per heavy atom. The summed E-state index contributed by atoms with van der Waals surface area (Å²) in [5.41, 5.74) is 1.96. The van der Waals surface area contributed by atoms with Crippen LogP contribution in [0.1, 0.15) is 11.1 Å². The van der Waals surface area contributed by atoms with E-state index in [1.807, 2.05) is 25.1 Å². The Hall–Kier alpha value is -2.76. The van der Waals surface area contributed by atoms with E-state index in [-0.39, 0.29) is 18.1 Å². The molecule has 1 amide bonds. The molecular weight excluding hydrogens is 399 g/mol. The summed E-state index contributed by atoms with van der Waals surface area (Å²) >= 11 is 12.1. The van der Waals surface area contributed by atoms with Crippen LogP contribution in [0.15, 0.2) is 65.6 Å². The van der Waals surface area contributed by atoms with E-state index in [4.69, 9.17) is 27.9 Å². The number of carbonyl (C=O) groups is 1. The highest BCUT2D eigenvalue weighted by molar-refractivity contribution is 6.31. The number of carbonyl (C=O) groups excluding carboxylic acids is 1. The predicted octanol–water partition coefficient (Wildman–Crippen LogP) is 4.53. The lowest BCUT2D eigenvalue weighted by atomic mass is 10.2. The standard InChI is InChI=1S/C21H18Cl2N2O3/c1-14-10-16(22)6-8-19(14)28-13-20(26)24-17-7-9-21(27)25(12-17)11-15-4-2-3-5-18(15)23/h2-10,12H,11,13H2,1H3,(H,24,26). The number of ether oxygens (including phenoxy) is 1. The van der Waals surface area contributed by atoms with Gasteiger partial charge in [0.25, 0.3) is 11.5 Å². The summed E-state index contributed by atoms with van der Waals surface area (Å²) in [6.45, 7) is 2.00. The molecule has 0 aliphatic heterocycles. The van der Waals surface area contributed by atoms with Gasteiger partial charge < -0.3 is 14.6 Å². The molecule has 144 valence electrons. The number of nitrogens with one attached hydrogen (secondary N) is 1. The molecule has 3 rings (SSSR count). The molecule has 0 radical (unpaired) electrons. The van der Waals surface area contributed by atoms with Gasteiger partial charge in [0.2, 0.25) is 0 Å². The van der Waals surface area contributed by atoms with Gasteiger partial charge in [-0.25, -0.2) is 0 Å². The number of nitrogens with zero attached hydrogens (tertiary/aromatic N) is 1. The summed E-state index contributed by atoms with van der Waals surface area (Å²) in [7, 11) is 0. The van der Waals surface area contributed by atoms with E-state index in [1.54, 1.807) is 36.5 Å². The number of hydrogen-bond donors (Lipinski definition) is 1. The second-order valence-electron chi connectivity index (χ2n) is 6.22. The summed E-state index contributed by atoms with van der Waals surface area (Å²) in [5, 5.41) is 3.91. The summed E-state index contributed by atoms with van der Waals surface area (Å²) in [5.74, 6) is 0.250. The number of rotatable bonds is 6. The number of pyridine rings is 1. The van der Waals surface area contributed by atoms with Crippen LogP contribution in [0.2, 0.25) is 10.0 Å². The van der Waals surface area contributed by atoms with Gasteiger partial charge in [-0.2, -0.15) is 0 Å². The lowest BCUT2D eigenvalue weighted by molar-refractivity contribution is -0.118. The van der Waals surface area contributed by atoms with Crippen molar-refractivity contribution in [2.45, 2.75) is 13.5 Å². The number of aromatic nitrogens is 1. The maximum absolute atomic E-state index is 12.2. The molecule has 0 aliphatic rings. The third-order valence-corrected chi connectivity index (χ3v) is 4.67. The van der Waals surface area contributed by atoms with Crippen molar-refractivity contribution in [2.75, 3.05) is 11.9 Å². The van der Waals surface area contributed by atoms with Crippen LogP contribution in [-0.2, 0) is 11.3 Å². The molecule has 1 aromatic heterocycles. The quantitative estimate of drug-likeness (QED) is 0.641. The van der Waals surface area contributed by atoms with Crippen molar-refractivity contribution in [3.63, 3.8) is 0 Å². The largest absolute Gasteiger partial charge is 0.483 e. The lowest BCUT2D eigenvalue weighted by Gasteiger charge is -2.12. The summed E-state index contributed by atoms with van der Waals surface area (Å²) in [6, 6.07) is 15.4. The lowest BCUT2D eigenvalue weighted by Crippen LogP contribution is -2.23. The van der Waals surface area contributed by atoms with Crippen LogP contribution < -0.4 is 15.6 Å². The van der Waals surface area contributed by atoms with Crippen molar-refractivity contribution in [3.8, 4) is 5.75 Å². The first kappa shape index (κ1) is 20.0. The van der Waals surface area contributed by atoms with Crippen molar-refractivity contribution < 1.29 is 9.53 Å². The van der Waals surface area contributed by atoms with Crippen molar-refractivity contribution in [3.05, 3.63) is 92.3 Å². The minimum absolute atomic E-state index is 0.161. The SMILES string of the molecule is Cc1cc(Cl)ccc1OCC(=O)Nc1ccc(=O)n(Cc2ccccc2Cl)c1. The molecule has 0 atom stereocenters. The average molecular weight is 417 g/mol. The van der Waals surface area contributed by atoms with E-state index in [2.05, 4.69) is 5.32 Å². The van der Waals surface area contributed by atoms with Gasteiger partial charge in [0.1, 0.15) is 5.75 Å². The maximum Gasteiger partial charge on any atom is 0.262 e. The van der Waals surface area contributed by atoms with Crippen LogP contribution in [0.5, 0.6) is 5.75 Å². The molecule has 3 aromatic rings. The fourth-order valence-corrected chi connectivity index (χ4v) is 3.08. The smallest absolute Gasteiger partial charge is 0.262 e. The molecule has 0 bridgehead atoms. The molecule has 0 saturated carbocycles. The van der Waals surface area contributed by atoms with Gasteiger partial charge in [-0.1, -0.05) is 41.4 Å².